The summed E-state index contributed by atoms with van der Waals surface area (Å²) < 4.78 is 5.71. The predicted molar refractivity (Wildman–Crippen MR) is 75.3 cm³/mol. The standard InChI is InChI=1S/C14H16ClNOS/c1-9(15)14-16-8-11(17-14)13-7-10-5-3-2-4-6-12(10)18-13/h7-9H,2-6H2,1H3. The van der Waals surface area contributed by atoms with Crippen molar-refractivity contribution in [2.45, 2.75) is 44.4 Å². The molecule has 1 aliphatic rings. The molecule has 0 aromatic carbocycles. The molecule has 2 heterocycles. The molecule has 1 atom stereocenters. The lowest BCUT2D eigenvalue weighted by atomic mass is 10.1. The van der Waals surface area contributed by atoms with Crippen molar-refractivity contribution in [1.82, 2.24) is 4.98 Å². The fourth-order valence-electron chi connectivity index (χ4n) is 2.37. The highest BCUT2D eigenvalue weighted by molar-refractivity contribution is 7.15. The summed E-state index contributed by atoms with van der Waals surface area (Å²) in [6.07, 6.45) is 8.19. The molecule has 96 valence electrons. The summed E-state index contributed by atoms with van der Waals surface area (Å²) in [7, 11) is 0. The topological polar surface area (TPSA) is 26.0 Å². The maximum atomic E-state index is 5.97. The van der Waals surface area contributed by atoms with Crippen LogP contribution in [0, 0.1) is 0 Å². The third-order valence-electron chi connectivity index (χ3n) is 3.35. The smallest absolute Gasteiger partial charge is 0.212 e. The van der Waals surface area contributed by atoms with E-state index in [1.807, 2.05) is 18.3 Å². The molecule has 4 heteroatoms. The second-order valence-electron chi connectivity index (χ2n) is 4.80. The first-order valence-corrected chi connectivity index (χ1v) is 7.71. The van der Waals surface area contributed by atoms with Crippen LogP contribution < -0.4 is 0 Å². The Kier molecular flexibility index (Phi) is 3.44. The number of fused-ring (bicyclic) bond motifs is 1. The molecule has 1 unspecified atom stereocenters. The Morgan fingerprint density at radius 1 is 1.33 bits per heavy atom. The molecule has 0 spiro atoms. The van der Waals surface area contributed by atoms with Crippen LogP contribution >= 0.6 is 22.9 Å². The lowest BCUT2D eigenvalue weighted by Gasteiger charge is -1.94. The number of oxazole rings is 1. The maximum absolute atomic E-state index is 5.97. The van der Waals surface area contributed by atoms with Crippen molar-refractivity contribution < 1.29 is 4.42 Å². The summed E-state index contributed by atoms with van der Waals surface area (Å²) in [6, 6.07) is 2.27. The molecule has 0 amide bonds. The lowest BCUT2D eigenvalue weighted by molar-refractivity contribution is 0.509. The fourth-order valence-corrected chi connectivity index (χ4v) is 3.68. The highest BCUT2D eigenvalue weighted by Gasteiger charge is 2.16. The summed E-state index contributed by atoms with van der Waals surface area (Å²) in [5.41, 5.74) is 1.50. The maximum Gasteiger partial charge on any atom is 0.212 e. The summed E-state index contributed by atoms with van der Waals surface area (Å²) in [6.45, 7) is 1.88. The zero-order valence-corrected chi connectivity index (χ0v) is 12.0. The van der Waals surface area contributed by atoms with Gasteiger partial charge in [-0.1, -0.05) is 6.42 Å². The Hall–Kier alpha value is -0.800. The summed E-state index contributed by atoms with van der Waals surface area (Å²) >= 11 is 7.82. The van der Waals surface area contributed by atoms with Crippen molar-refractivity contribution in [2.75, 3.05) is 0 Å². The predicted octanol–water partition coefficient (Wildman–Crippen LogP) is 4.97. The normalized spacial score (nSPS) is 17.2. The fraction of sp³-hybridized carbons (Fsp3) is 0.500. The van der Waals surface area contributed by atoms with E-state index in [1.54, 1.807) is 6.20 Å². The van der Waals surface area contributed by atoms with Crippen molar-refractivity contribution in [3.8, 4) is 10.6 Å². The molecule has 3 rings (SSSR count). The number of halogens is 1. The minimum absolute atomic E-state index is 0.170. The number of alkyl halides is 1. The Labute approximate surface area is 116 Å². The van der Waals surface area contributed by atoms with Gasteiger partial charge in [-0.25, -0.2) is 4.98 Å². The molecule has 2 nitrogen and oxygen atoms in total. The number of hydrogen-bond acceptors (Lipinski definition) is 3. The molecule has 0 bridgehead atoms. The van der Waals surface area contributed by atoms with E-state index in [4.69, 9.17) is 16.0 Å². The van der Waals surface area contributed by atoms with Gasteiger partial charge in [0.05, 0.1) is 11.1 Å². The van der Waals surface area contributed by atoms with Crippen LogP contribution in [0.1, 0.15) is 47.9 Å². The number of nitrogens with zero attached hydrogens (tertiary/aromatic N) is 1. The first-order valence-electron chi connectivity index (χ1n) is 6.46. The Balaban J connectivity index is 1.92. The van der Waals surface area contributed by atoms with Crippen LogP contribution in [0.5, 0.6) is 0 Å². The van der Waals surface area contributed by atoms with Gasteiger partial charge in [-0.15, -0.1) is 22.9 Å². The van der Waals surface area contributed by atoms with Gasteiger partial charge in [-0.3, -0.25) is 0 Å². The first-order chi connectivity index (χ1) is 8.74. The molecule has 2 aromatic heterocycles. The largest absolute Gasteiger partial charge is 0.438 e. The van der Waals surface area contributed by atoms with Crippen molar-refractivity contribution in [3.05, 3.63) is 28.6 Å². The molecule has 0 saturated carbocycles. The Bertz CT molecular complexity index is 520. The quantitative estimate of drug-likeness (QED) is 0.574. The molecule has 0 aliphatic heterocycles. The van der Waals surface area contributed by atoms with Gasteiger partial charge in [0.1, 0.15) is 5.38 Å². The number of rotatable bonds is 2. The van der Waals surface area contributed by atoms with Crippen LogP contribution in [-0.4, -0.2) is 4.98 Å². The molecular weight excluding hydrogens is 266 g/mol. The SMILES string of the molecule is CC(Cl)c1ncc(-c2cc3c(s2)CCCCC3)o1. The first kappa shape index (κ1) is 12.2. The van der Waals surface area contributed by atoms with E-state index in [0.717, 1.165) is 5.76 Å². The van der Waals surface area contributed by atoms with Crippen molar-refractivity contribution in [1.29, 1.82) is 0 Å². The number of hydrogen-bond donors (Lipinski definition) is 0. The monoisotopic (exact) mass is 281 g/mol. The third-order valence-corrected chi connectivity index (χ3v) is 4.79. The van der Waals surface area contributed by atoms with Crippen LogP contribution in [0.2, 0.25) is 0 Å². The van der Waals surface area contributed by atoms with Gasteiger partial charge in [0.15, 0.2) is 5.76 Å². The summed E-state index contributed by atoms with van der Waals surface area (Å²) in [5, 5.41) is -0.170. The van der Waals surface area contributed by atoms with Gasteiger partial charge in [-0.05, 0) is 44.2 Å². The number of aromatic nitrogens is 1. The van der Waals surface area contributed by atoms with Gasteiger partial charge < -0.3 is 4.42 Å². The van der Waals surface area contributed by atoms with Gasteiger partial charge in [0.25, 0.3) is 0 Å². The Morgan fingerprint density at radius 3 is 2.94 bits per heavy atom. The van der Waals surface area contributed by atoms with E-state index in [2.05, 4.69) is 11.1 Å². The number of thiophene rings is 1. The van der Waals surface area contributed by atoms with E-state index in [9.17, 15) is 0 Å². The van der Waals surface area contributed by atoms with Crippen LogP contribution in [0.3, 0.4) is 0 Å². The van der Waals surface area contributed by atoms with E-state index in [-0.39, 0.29) is 5.38 Å². The number of aryl methyl sites for hydroxylation is 2. The van der Waals surface area contributed by atoms with Crippen LogP contribution in [0.4, 0.5) is 0 Å². The summed E-state index contributed by atoms with van der Waals surface area (Å²) in [5.74, 6) is 1.46. The van der Waals surface area contributed by atoms with Crippen molar-refractivity contribution in [3.63, 3.8) is 0 Å². The molecule has 0 N–H and O–H groups in total. The molecule has 0 fully saturated rings. The molecule has 1 aliphatic carbocycles. The molecule has 0 radical (unpaired) electrons. The molecule has 0 saturated heterocycles. The van der Waals surface area contributed by atoms with Crippen LogP contribution in [0.25, 0.3) is 10.6 Å². The molecule has 18 heavy (non-hydrogen) atoms. The van der Waals surface area contributed by atoms with Crippen LogP contribution in [-0.2, 0) is 12.8 Å². The van der Waals surface area contributed by atoms with Crippen LogP contribution in [0.15, 0.2) is 16.7 Å². The zero-order chi connectivity index (χ0) is 12.5. The van der Waals surface area contributed by atoms with Gasteiger partial charge in [-0.2, -0.15) is 0 Å². The van der Waals surface area contributed by atoms with Gasteiger partial charge in [0.2, 0.25) is 5.89 Å². The van der Waals surface area contributed by atoms with Gasteiger partial charge in [0, 0.05) is 4.88 Å². The van der Waals surface area contributed by atoms with Crippen molar-refractivity contribution >= 4 is 22.9 Å². The lowest BCUT2D eigenvalue weighted by Crippen LogP contribution is -1.81. The minimum atomic E-state index is -0.170. The minimum Gasteiger partial charge on any atom is -0.438 e. The molecule has 2 aromatic rings. The van der Waals surface area contributed by atoms with E-state index in [1.165, 1.54) is 47.4 Å². The second kappa shape index (κ2) is 5.06. The second-order valence-corrected chi connectivity index (χ2v) is 6.59. The van der Waals surface area contributed by atoms with E-state index in [0.29, 0.717) is 5.89 Å². The molecular formula is C14H16ClNOS. The van der Waals surface area contributed by atoms with E-state index < -0.39 is 0 Å². The average molecular weight is 282 g/mol. The highest BCUT2D eigenvalue weighted by atomic mass is 35.5. The van der Waals surface area contributed by atoms with Crippen molar-refractivity contribution in [2.24, 2.45) is 0 Å². The summed E-state index contributed by atoms with van der Waals surface area (Å²) in [4.78, 5) is 6.94. The third kappa shape index (κ3) is 2.34. The van der Waals surface area contributed by atoms with Gasteiger partial charge >= 0.3 is 0 Å². The Morgan fingerprint density at radius 2 is 2.17 bits per heavy atom. The average Bonchev–Trinajstić information content (AvgIpc) is 2.92. The van der Waals surface area contributed by atoms with E-state index >= 15 is 0 Å². The zero-order valence-electron chi connectivity index (χ0n) is 10.4. The highest BCUT2D eigenvalue weighted by Crippen LogP contribution is 2.36.